The van der Waals surface area contributed by atoms with Gasteiger partial charge in [0.15, 0.2) is 0 Å². The SMILES string of the molecule is CCC1(C(=O)O)CCCN1Cc1ccc(Br)cc1Cl. The lowest BCUT2D eigenvalue weighted by atomic mass is 9.92. The molecule has 0 spiro atoms. The lowest BCUT2D eigenvalue weighted by Gasteiger charge is -2.34. The van der Waals surface area contributed by atoms with E-state index in [-0.39, 0.29) is 0 Å². The Bertz CT molecular complexity index is 494. The van der Waals surface area contributed by atoms with E-state index in [0.717, 1.165) is 23.0 Å². The van der Waals surface area contributed by atoms with Crippen molar-refractivity contribution in [3.05, 3.63) is 33.3 Å². The van der Waals surface area contributed by atoms with Crippen molar-refractivity contribution < 1.29 is 9.90 Å². The Balaban J connectivity index is 2.24. The van der Waals surface area contributed by atoms with Crippen LogP contribution in [0.25, 0.3) is 0 Å². The van der Waals surface area contributed by atoms with Crippen LogP contribution in [-0.4, -0.2) is 28.1 Å². The molecule has 1 aliphatic heterocycles. The number of carboxylic acids is 1. The average molecular weight is 347 g/mol. The molecule has 0 aromatic heterocycles. The Morgan fingerprint density at radius 2 is 2.32 bits per heavy atom. The smallest absolute Gasteiger partial charge is 0.324 e. The first kappa shape index (κ1) is 14.8. The van der Waals surface area contributed by atoms with Crippen LogP contribution in [0.5, 0.6) is 0 Å². The van der Waals surface area contributed by atoms with Crippen molar-refractivity contribution in [2.75, 3.05) is 6.54 Å². The quantitative estimate of drug-likeness (QED) is 0.898. The fourth-order valence-electron chi connectivity index (χ4n) is 2.81. The molecule has 1 aliphatic rings. The number of aliphatic carboxylic acids is 1. The summed E-state index contributed by atoms with van der Waals surface area (Å²) < 4.78 is 0.933. The van der Waals surface area contributed by atoms with Crippen molar-refractivity contribution in [2.24, 2.45) is 0 Å². The maximum absolute atomic E-state index is 11.6. The van der Waals surface area contributed by atoms with E-state index in [4.69, 9.17) is 11.6 Å². The zero-order valence-electron chi connectivity index (χ0n) is 10.8. The number of benzene rings is 1. The first-order valence-electron chi connectivity index (χ1n) is 6.42. The van der Waals surface area contributed by atoms with E-state index < -0.39 is 11.5 Å². The van der Waals surface area contributed by atoms with Crippen molar-refractivity contribution in [3.63, 3.8) is 0 Å². The van der Waals surface area contributed by atoms with Gasteiger partial charge in [-0.15, -0.1) is 0 Å². The van der Waals surface area contributed by atoms with Crippen LogP contribution in [0.15, 0.2) is 22.7 Å². The predicted molar refractivity (Wildman–Crippen MR) is 79.5 cm³/mol. The Labute approximate surface area is 126 Å². The van der Waals surface area contributed by atoms with Gasteiger partial charge in [0.1, 0.15) is 5.54 Å². The molecule has 1 atom stereocenters. The second kappa shape index (κ2) is 5.81. The van der Waals surface area contributed by atoms with Gasteiger partial charge in [-0.2, -0.15) is 0 Å². The first-order chi connectivity index (χ1) is 8.99. The van der Waals surface area contributed by atoms with Crippen LogP contribution in [0.1, 0.15) is 31.7 Å². The summed E-state index contributed by atoms with van der Waals surface area (Å²) in [4.78, 5) is 13.7. The van der Waals surface area contributed by atoms with Crippen LogP contribution in [-0.2, 0) is 11.3 Å². The molecule has 19 heavy (non-hydrogen) atoms. The van der Waals surface area contributed by atoms with Crippen LogP contribution < -0.4 is 0 Å². The highest BCUT2D eigenvalue weighted by Gasteiger charge is 2.45. The topological polar surface area (TPSA) is 40.5 Å². The molecular weight excluding hydrogens is 330 g/mol. The Morgan fingerprint density at radius 1 is 1.58 bits per heavy atom. The number of hydrogen-bond donors (Lipinski definition) is 1. The number of nitrogens with zero attached hydrogens (tertiary/aromatic N) is 1. The summed E-state index contributed by atoms with van der Waals surface area (Å²) in [5.41, 5.74) is 0.252. The second-order valence-electron chi connectivity index (χ2n) is 4.95. The van der Waals surface area contributed by atoms with Gasteiger partial charge >= 0.3 is 5.97 Å². The third-order valence-electron chi connectivity index (χ3n) is 3.98. The van der Waals surface area contributed by atoms with E-state index in [9.17, 15) is 9.90 Å². The van der Waals surface area contributed by atoms with Crippen LogP contribution in [0.3, 0.4) is 0 Å². The van der Waals surface area contributed by atoms with Gasteiger partial charge in [0, 0.05) is 16.0 Å². The molecule has 1 aromatic rings. The molecule has 1 saturated heterocycles. The predicted octanol–water partition coefficient (Wildman–Crippen LogP) is 3.93. The fourth-order valence-corrected chi connectivity index (χ4v) is 3.55. The summed E-state index contributed by atoms with van der Waals surface area (Å²) in [5, 5.41) is 10.2. The molecule has 104 valence electrons. The van der Waals surface area contributed by atoms with E-state index in [0.29, 0.717) is 24.4 Å². The zero-order valence-corrected chi connectivity index (χ0v) is 13.2. The minimum Gasteiger partial charge on any atom is -0.480 e. The minimum absolute atomic E-state index is 0.590. The molecule has 0 bridgehead atoms. The number of hydrogen-bond acceptors (Lipinski definition) is 2. The Hall–Kier alpha value is -0.580. The molecule has 1 fully saturated rings. The van der Waals surface area contributed by atoms with Gasteiger partial charge in [-0.25, -0.2) is 0 Å². The van der Waals surface area contributed by atoms with Gasteiger partial charge in [0.05, 0.1) is 0 Å². The summed E-state index contributed by atoms with van der Waals surface area (Å²) in [6.07, 6.45) is 2.26. The summed E-state index contributed by atoms with van der Waals surface area (Å²) >= 11 is 9.60. The lowest BCUT2D eigenvalue weighted by Crippen LogP contribution is -2.49. The van der Waals surface area contributed by atoms with E-state index in [1.165, 1.54) is 0 Å². The summed E-state index contributed by atoms with van der Waals surface area (Å²) in [7, 11) is 0. The van der Waals surface area contributed by atoms with Gasteiger partial charge in [0.25, 0.3) is 0 Å². The molecular formula is C14H17BrClNO2. The molecule has 0 saturated carbocycles. The maximum Gasteiger partial charge on any atom is 0.324 e. The lowest BCUT2D eigenvalue weighted by molar-refractivity contribution is -0.150. The highest BCUT2D eigenvalue weighted by atomic mass is 79.9. The normalized spacial score (nSPS) is 23.7. The molecule has 3 nitrogen and oxygen atoms in total. The molecule has 1 aromatic carbocycles. The Kier molecular flexibility index (Phi) is 4.54. The third-order valence-corrected chi connectivity index (χ3v) is 4.83. The maximum atomic E-state index is 11.6. The summed E-state index contributed by atoms with van der Waals surface area (Å²) in [6.45, 7) is 3.34. The van der Waals surface area contributed by atoms with E-state index in [1.807, 2.05) is 30.0 Å². The van der Waals surface area contributed by atoms with Gasteiger partial charge in [-0.3, -0.25) is 9.69 Å². The van der Waals surface area contributed by atoms with E-state index in [2.05, 4.69) is 15.9 Å². The van der Waals surface area contributed by atoms with Crippen molar-refractivity contribution in [1.82, 2.24) is 4.90 Å². The summed E-state index contributed by atoms with van der Waals surface area (Å²) in [5.74, 6) is -0.722. The third kappa shape index (κ3) is 2.81. The number of rotatable bonds is 4. The fraction of sp³-hybridized carbons (Fsp3) is 0.500. The largest absolute Gasteiger partial charge is 0.480 e. The van der Waals surface area contributed by atoms with Gasteiger partial charge < -0.3 is 5.11 Å². The number of likely N-dealkylation sites (tertiary alicyclic amines) is 1. The molecule has 0 radical (unpaired) electrons. The van der Waals surface area contributed by atoms with Crippen LogP contribution in [0, 0.1) is 0 Å². The van der Waals surface area contributed by atoms with Crippen molar-refractivity contribution in [1.29, 1.82) is 0 Å². The van der Waals surface area contributed by atoms with Crippen LogP contribution in [0.2, 0.25) is 5.02 Å². The molecule has 1 unspecified atom stereocenters. The second-order valence-corrected chi connectivity index (χ2v) is 6.27. The highest BCUT2D eigenvalue weighted by Crippen LogP contribution is 2.35. The molecule has 0 aliphatic carbocycles. The average Bonchev–Trinajstić information content (AvgIpc) is 2.76. The number of halogens is 2. The summed E-state index contributed by atoms with van der Waals surface area (Å²) in [6, 6.07) is 5.74. The molecule has 2 rings (SSSR count). The highest BCUT2D eigenvalue weighted by molar-refractivity contribution is 9.10. The number of carboxylic acid groups (broad SMARTS) is 1. The Morgan fingerprint density at radius 3 is 2.89 bits per heavy atom. The molecule has 1 heterocycles. The van der Waals surface area contributed by atoms with Gasteiger partial charge in [-0.05, 0) is 43.5 Å². The monoisotopic (exact) mass is 345 g/mol. The molecule has 5 heteroatoms. The van der Waals surface area contributed by atoms with Crippen molar-refractivity contribution in [2.45, 2.75) is 38.3 Å². The minimum atomic E-state index is -0.726. The van der Waals surface area contributed by atoms with Crippen molar-refractivity contribution in [3.8, 4) is 0 Å². The van der Waals surface area contributed by atoms with E-state index >= 15 is 0 Å². The van der Waals surface area contributed by atoms with Crippen molar-refractivity contribution >= 4 is 33.5 Å². The van der Waals surface area contributed by atoms with E-state index in [1.54, 1.807) is 0 Å². The molecule has 1 N–H and O–H groups in total. The van der Waals surface area contributed by atoms with Gasteiger partial charge in [0.2, 0.25) is 0 Å². The van der Waals surface area contributed by atoms with Gasteiger partial charge in [-0.1, -0.05) is 40.5 Å². The number of carbonyl (C=O) groups is 1. The molecule has 0 amide bonds. The first-order valence-corrected chi connectivity index (χ1v) is 7.59. The zero-order chi connectivity index (χ0) is 14.0. The standard InChI is InChI=1S/C14H17BrClNO2/c1-2-14(13(18)19)6-3-7-17(14)9-10-4-5-11(15)8-12(10)16/h4-5,8H,2-3,6-7,9H2,1H3,(H,18,19). The van der Waals surface area contributed by atoms with Crippen LogP contribution >= 0.6 is 27.5 Å². The van der Waals surface area contributed by atoms with Crippen LogP contribution in [0.4, 0.5) is 0 Å².